The topological polar surface area (TPSA) is 24.5 Å². The fraction of sp³-hybridized carbons (Fsp3) is 0.538. The third kappa shape index (κ3) is 6.45. The highest BCUT2D eigenvalue weighted by Crippen LogP contribution is 2.26. The Hall–Kier alpha value is -1.27. The fourth-order valence-corrected chi connectivity index (χ4v) is 1.75. The molecule has 0 aliphatic carbocycles. The van der Waals surface area contributed by atoms with E-state index in [4.69, 9.17) is 0 Å². The second-order valence-electron chi connectivity index (χ2n) is 4.35. The molecular weight excluding hydrogens is 257 g/mol. The van der Waals surface area contributed by atoms with Crippen molar-refractivity contribution in [2.45, 2.75) is 19.3 Å². The van der Waals surface area contributed by atoms with Crippen LogP contribution in [0.3, 0.4) is 0 Å². The molecule has 1 aromatic rings. The molecule has 6 heteroatoms. The second kappa shape index (κ2) is 7.35. The van der Waals surface area contributed by atoms with E-state index in [2.05, 4.69) is 10.1 Å². The highest BCUT2D eigenvalue weighted by atomic mass is 19.4. The highest BCUT2D eigenvalue weighted by Gasteiger charge is 2.31. The molecule has 0 radical (unpaired) electrons. The molecule has 19 heavy (non-hydrogen) atoms. The average molecular weight is 276 g/mol. The van der Waals surface area contributed by atoms with Gasteiger partial charge in [0, 0.05) is 12.1 Å². The van der Waals surface area contributed by atoms with Gasteiger partial charge in [0.2, 0.25) is 0 Å². The molecule has 0 unspecified atom stereocenters. The van der Waals surface area contributed by atoms with Gasteiger partial charge in [0.25, 0.3) is 0 Å². The standard InChI is InChI=1S/C13H19F3N2O/c1-17-8-5-9-18(2)10-11-6-3-4-7-12(11)19-13(14,15)16/h3-4,6-7,17H,5,8-10H2,1-2H3. The molecule has 108 valence electrons. The van der Waals surface area contributed by atoms with Gasteiger partial charge in [0.1, 0.15) is 5.75 Å². The van der Waals surface area contributed by atoms with Gasteiger partial charge in [-0.3, -0.25) is 0 Å². The number of rotatable bonds is 7. The van der Waals surface area contributed by atoms with E-state index in [-0.39, 0.29) is 5.75 Å². The normalized spacial score (nSPS) is 11.9. The van der Waals surface area contributed by atoms with Gasteiger partial charge in [-0.15, -0.1) is 13.2 Å². The number of nitrogens with zero attached hydrogens (tertiary/aromatic N) is 1. The first-order valence-electron chi connectivity index (χ1n) is 6.09. The van der Waals surface area contributed by atoms with Crippen LogP contribution in [0.2, 0.25) is 0 Å². The summed E-state index contributed by atoms with van der Waals surface area (Å²) in [5.74, 6) is -0.129. The van der Waals surface area contributed by atoms with Crippen LogP contribution < -0.4 is 10.1 Å². The number of benzene rings is 1. The Kier molecular flexibility index (Phi) is 6.11. The summed E-state index contributed by atoms with van der Waals surface area (Å²) in [5.41, 5.74) is 0.534. The number of hydrogen-bond acceptors (Lipinski definition) is 3. The lowest BCUT2D eigenvalue weighted by Gasteiger charge is -2.19. The number of nitrogens with one attached hydrogen (secondary N) is 1. The molecule has 0 atom stereocenters. The Labute approximate surface area is 111 Å². The van der Waals surface area contributed by atoms with Crippen LogP contribution in [0.5, 0.6) is 5.75 Å². The van der Waals surface area contributed by atoms with Gasteiger partial charge in [-0.05, 0) is 39.7 Å². The van der Waals surface area contributed by atoms with Gasteiger partial charge in [0.15, 0.2) is 0 Å². The Balaban J connectivity index is 2.62. The summed E-state index contributed by atoms with van der Waals surface area (Å²) < 4.78 is 40.8. The quantitative estimate of drug-likeness (QED) is 0.775. The summed E-state index contributed by atoms with van der Waals surface area (Å²) >= 11 is 0. The van der Waals surface area contributed by atoms with Crippen molar-refractivity contribution in [3.8, 4) is 5.75 Å². The van der Waals surface area contributed by atoms with Crippen molar-refractivity contribution >= 4 is 0 Å². The molecule has 0 saturated heterocycles. The van der Waals surface area contributed by atoms with Gasteiger partial charge in [-0.1, -0.05) is 18.2 Å². The van der Waals surface area contributed by atoms with E-state index in [9.17, 15) is 13.2 Å². The van der Waals surface area contributed by atoms with Crippen LogP contribution in [-0.4, -0.2) is 38.4 Å². The van der Waals surface area contributed by atoms with Crippen LogP contribution in [0.4, 0.5) is 13.2 Å². The zero-order valence-corrected chi connectivity index (χ0v) is 11.1. The van der Waals surface area contributed by atoms with Gasteiger partial charge in [-0.25, -0.2) is 0 Å². The number of alkyl halides is 3. The maximum absolute atomic E-state index is 12.3. The summed E-state index contributed by atoms with van der Waals surface area (Å²) in [6, 6.07) is 6.23. The largest absolute Gasteiger partial charge is 0.573 e. The van der Waals surface area contributed by atoms with Crippen LogP contribution in [0, 0.1) is 0 Å². The van der Waals surface area contributed by atoms with E-state index in [0.717, 1.165) is 19.5 Å². The van der Waals surface area contributed by atoms with Crippen molar-refractivity contribution in [3.63, 3.8) is 0 Å². The van der Waals surface area contributed by atoms with Gasteiger partial charge < -0.3 is 15.0 Å². The van der Waals surface area contributed by atoms with E-state index in [0.29, 0.717) is 12.1 Å². The maximum Gasteiger partial charge on any atom is 0.573 e. The predicted molar refractivity (Wildman–Crippen MR) is 68.0 cm³/mol. The smallest absolute Gasteiger partial charge is 0.405 e. The fourth-order valence-electron chi connectivity index (χ4n) is 1.75. The zero-order valence-electron chi connectivity index (χ0n) is 11.1. The minimum atomic E-state index is -4.65. The van der Waals surface area contributed by atoms with Crippen LogP contribution >= 0.6 is 0 Å². The van der Waals surface area contributed by atoms with Gasteiger partial charge in [0.05, 0.1) is 0 Å². The lowest BCUT2D eigenvalue weighted by molar-refractivity contribution is -0.275. The molecule has 1 N–H and O–H groups in total. The average Bonchev–Trinajstić information content (AvgIpc) is 2.30. The molecule has 0 aromatic heterocycles. The second-order valence-corrected chi connectivity index (χ2v) is 4.35. The van der Waals surface area contributed by atoms with Crippen LogP contribution in [-0.2, 0) is 6.54 Å². The van der Waals surface area contributed by atoms with E-state index in [1.54, 1.807) is 12.1 Å². The Morgan fingerprint density at radius 3 is 2.58 bits per heavy atom. The molecule has 0 aliphatic rings. The molecule has 1 aromatic carbocycles. The first-order valence-corrected chi connectivity index (χ1v) is 6.09. The summed E-state index contributed by atoms with van der Waals surface area (Å²) in [6.45, 7) is 2.11. The monoisotopic (exact) mass is 276 g/mol. The van der Waals surface area contributed by atoms with Crippen LogP contribution in [0.25, 0.3) is 0 Å². The first kappa shape index (κ1) is 15.8. The van der Waals surface area contributed by atoms with E-state index in [1.807, 2.05) is 19.0 Å². The molecule has 0 fully saturated rings. The summed E-state index contributed by atoms with van der Waals surface area (Å²) in [5, 5.41) is 3.03. The number of para-hydroxylation sites is 1. The first-order chi connectivity index (χ1) is 8.92. The van der Waals surface area contributed by atoms with E-state index in [1.165, 1.54) is 12.1 Å². The lowest BCUT2D eigenvalue weighted by Crippen LogP contribution is -2.24. The third-order valence-electron chi connectivity index (χ3n) is 2.61. The summed E-state index contributed by atoms with van der Waals surface area (Å²) in [7, 11) is 3.74. The van der Waals surface area contributed by atoms with Crippen molar-refractivity contribution < 1.29 is 17.9 Å². The van der Waals surface area contributed by atoms with E-state index < -0.39 is 6.36 Å². The molecule has 0 saturated carbocycles. The number of halogens is 3. The van der Waals surface area contributed by atoms with Gasteiger partial charge in [-0.2, -0.15) is 0 Å². The van der Waals surface area contributed by atoms with Crippen molar-refractivity contribution in [1.82, 2.24) is 10.2 Å². The van der Waals surface area contributed by atoms with E-state index >= 15 is 0 Å². The minimum Gasteiger partial charge on any atom is -0.405 e. The van der Waals surface area contributed by atoms with Crippen LogP contribution in [0.15, 0.2) is 24.3 Å². The molecule has 0 aliphatic heterocycles. The zero-order chi connectivity index (χ0) is 14.3. The molecule has 3 nitrogen and oxygen atoms in total. The lowest BCUT2D eigenvalue weighted by atomic mass is 10.2. The number of hydrogen-bond donors (Lipinski definition) is 1. The Morgan fingerprint density at radius 2 is 1.95 bits per heavy atom. The minimum absolute atomic E-state index is 0.129. The molecule has 0 bridgehead atoms. The van der Waals surface area contributed by atoms with Crippen molar-refractivity contribution in [3.05, 3.63) is 29.8 Å². The Morgan fingerprint density at radius 1 is 1.26 bits per heavy atom. The maximum atomic E-state index is 12.3. The molecule has 1 rings (SSSR count). The molecule has 0 amide bonds. The summed E-state index contributed by atoms with van der Waals surface area (Å²) in [6.07, 6.45) is -3.71. The number of ether oxygens (including phenoxy) is 1. The van der Waals surface area contributed by atoms with Crippen molar-refractivity contribution in [1.29, 1.82) is 0 Å². The highest BCUT2D eigenvalue weighted by molar-refractivity contribution is 5.33. The predicted octanol–water partition coefficient (Wildman–Crippen LogP) is 2.63. The van der Waals surface area contributed by atoms with Crippen molar-refractivity contribution in [2.75, 3.05) is 27.2 Å². The van der Waals surface area contributed by atoms with Gasteiger partial charge >= 0.3 is 6.36 Å². The van der Waals surface area contributed by atoms with Crippen LogP contribution in [0.1, 0.15) is 12.0 Å². The molecule has 0 spiro atoms. The SMILES string of the molecule is CNCCCN(C)Cc1ccccc1OC(F)(F)F. The summed E-state index contributed by atoms with van der Waals surface area (Å²) in [4.78, 5) is 1.97. The molecular formula is C13H19F3N2O. The molecule has 0 heterocycles. The van der Waals surface area contributed by atoms with Crippen molar-refractivity contribution in [2.24, 2.45) is 0 Å². The third-order valence-corrected chi connectivity index (χ3v) is 2.61. The Bertz CT molecular complexity index is 382.